The average molecular weight is 305 g/mol. The van der Waals surface area contributed by atoms with Gasteiger partial charge in [-0.25, -0.2) is 4.79 Å². The molecule has 1 fully saturated rings. The van der Waals surface area contributed by atoms with Crippen LogP contribution in [0.25, 0.3) is 0 Å². The Morgan fingerprint density at radius 3 is 2.14 bits per heavy atom. The normalized spacial score (nSPS) is 13.5. The minimum absolute atomic E-state index is 0.199. The molecule has 22 heavy (non-hydrogen) atoms. The Labute approximate surface area is 131 Å². The van der Waals surface area contributed by atoms with Gasteiger partial charge >= 0.3 is 12.2 Å². The quantitative estimate of drug-likeness (QED) is 0.859. The van der Waals surface area contributed by atoms with Crippen LogP contribution < -0.4 is 0 Å². The molecule has 0 N–H and O–H groups in total. The van der Waals surface area contributed by atoms with Crippen LogP contribution in [-0.2, 0) is 20.9 Å². The lowest BCUT2D eigenvalue weighted by molar-refractivity contribution is -0.191. The predicted octanol–water partition coefficient (Wildman–Crippen LogP) is 3.31. The molecule has 0 heterocycles. The summed E-state index contributed by atoms with van der Waals surface area (Å²) in [5, 5.41) is 0. The number of carbonyl (C=O) groups excluding carboxylic acids is 3. The molecule has 0 radical (unpaired) electrons. The first-order chi connectivity index (χ1) is 10.3. The molecule has 1 aliphatic rings. The number of hydrogen-bond acceptors (Lipinski definition) is 4. The number of hydrogen-bond donors (Lipinski definition) is 0. The standard InChI is InChI=1S/C16H23NO2.CO2/c1-12-5-7-13(8-6-12)11-17(14-9-10-14)15(18)19-16(2,3)4;2-1-3/h5-8,14H,9-11H2,1-4H3;. The summed E-state index contributed by atoms with van der Waals surface area (Å²) >= 11 is 0. The number of benzene rings is 1. The summed E-state index contributed by atoms with van der Waals surface area (Å²) in [6.45, 7) is 8.42. The van der Waals surface area contributed by atoms with Gasteiger partial charge < -0.3 is 9.64 Å². The van der Waals surface area contributed by atoms with E-state index in [0.29, 0.717) is 12.6 Å². The number of amides is 1. The predicted molar refractivity (Wildman–Crippen MR) is 81.0 cm³/mol. The van der Waals surface area contributed by atoms with Gasteiger partial charge in [0.2, 0.25) is 0 Å². The molecule has 1 saturated carbocycles. The van der Waals surface area contributed by atoms with Crippen LogP contribution in [-0.4, -0.2) is 28.8 Å². The van der Waals surface area contributed by atoms with E-state index in [4.69, 9.17) is 14.3 Å². The third-order valence-corrected chi connectivity index (χ3v) is 3.09. The lowest BCUT2D eigenvalue weighted by Gasteiger charge is -2.27. The highest BCUT2D eigenvalue weighted by atomic mass is 16.6. The van der Waals surface area contributed by atoms with Gasteiger partial charge in [-0.05, 0) is 46.1 Å². The zero-order valence-corrected chi connectivity index (χ0v) is 13.6. The molecule has 120 valence electrons. The highest BCUT2D eigenvalue weighted by Crippen LogP contribution is 2.29. The Morgan fingerprint density at radius 2 is 1.73 bits per heavy atom. The zero-order chi connectivity index (χ0) is 16.8. The fourth-order valence-electron chi connectivity index (χ4n) is 1.94. The maximum Gasteiger partial charge on any atom is 0.410 e. The van der Waals surface area contributed by atoms with Crippen molar-refractivity contribution in [2.24, 2.45) is 0 Å². The molecule has 1 aromatic carbocycles. The van der Waals surface area contributed by atoms with Crippen LogP contribution in [0.2, 0.25) is 0 Å². The summed E-state index contributed by atoms with van der Waals surface area (Å²) in [6, 6.07) is 8.67. The fourth-order valence-corrected chi connectivity index (χ4v) is 1.94. The number of rotatable bonds is 3. The SMILES string of the molecule is Cc1ccc(CN(C(=O)OC(C)(C)C)C2CC2)cc1.O=C=O. The van der Waals surface area contributed by atoms with E-state index in [0.717, 1.165) is 18.4 Å². The van der Waals surface area contributed by atoms with Crippen molar-refractivity contribution >= 4 is 12.2 Å². The minimum Gasteiger partial charge on any atom is -0.444 e. The molecule has 0 bridgehead atoms. The van der Waals surface area contributed by atoms with Crippen LogP contribution >= 0.6 is 0 Å². The van der Waals surface area contributed by atoms with Crippen molar-refractivity contribution < 1.29 is 19.1 Å². The van der Waals surface area contributed by atoms with Gasteiger partial charge in [0.1, 0.15) is 5.60 Å². The van der Waals surface area contributed by atoms with Crippen molar-refractivity contribution in [2.45, 2.75) is 58.7 Å². The van der Waals surface area contributed by atoms with Gasteiger partial charge in [0.05, 0.1) is 0 Å². The van der Waals surface area contributed by atoms with Gasteiger partial charge in [0.15, 0.2) is 0 Å². The molecular formula is C17H23NO4. The van der Waals surface area contributed by atoms with Crippen molar-refractivity contribution in [1.82, 2.24) is 4.90 Å². The second kappa shape index (κ2) is 7.76. The second-order valence-electron chi connectivity index (χ2n) is 6.41. The third kappa shape index (κ3) is 6.55. The average Bonchev–Trinajstić information content (AvgIpc) is 3.21. The van der Waals surface area contributed by atoms with Crippen molar-refractivity contribution in [3.8, 4) is 0 Å². The summed E-state index contributed by atoms with van der Waals surface area (Å²) in [6.07, 6.45) is 2.23. The van der Waals surface area contributed by atoms with Crippen LogP contribution in [0, 0.1) is 6.92 Å². The van der Waals surface area contributed by atoms with Crippen LogP contribution in [0.1, 0.15) is 44.7 Å². The highest BCUT2D eigenvalue weighted by molar-refractivity contribution is 5.69. The largest absolute Gasteiger partial charge is 0.444 e. The Bertz CT molecular complexity index is 521. The Morgan fingerprint density at radius 1 is 1.23 bits per heavy atom. The van der Waals surface area contributed by atoms with Gasteiger partial charge in [0.25, 0.3) is 0 Å². The van der Waals surface area contributed by atoms with Gasteiger partial charge in [-0.3, -0.25) is 0 Å². The smallest absolute Gasteiger partial charge is 0.410 e. The van der Waals surface area contributed by atoms with Gasteiger partial charge in [-0.15, -0.1) is 0 Å². The molecule has 0 unspecified atom stereocenters. The molecule has 1 amide bonds. The lowest BCUT2D eigenvalue weighted by atomic mass is 10.1. The third-order valence-electron chi connectivity index (χ3n) is 3.09. The van der Waals surface area contributed by atoms with Crippen molar-refractivity contribution in [1.29, 1.82) is 0 Å². The van der Waals surface area contributed by atoms with E-state index in [1.165, 1.54) is 5.56 Å². The summed E-state index contributed by atoms with van der Waals surface area (Å²) in [5.74, 6) is 0. The Hall–Kier alpha value is -2.13. The summed E-state index contributed by atoms with van der Waals surface area (Å²) < 4.78 is 5.48. The monoisotopic (exact) mass is 305 g/mol. The maximum atomic E-state index is 12.2. The maximum absolute atomic E-state index is 12.2. The summed E-state index contributed by atoms with van der Waals surface area (Å²) in [5.41, 5.74) is 1.96. The van der Waals surface area contributed by atoms with Crippen molar-refractivity contribution in [3.05, 3.63) is 35.4 Å². The molecule has 0 atom stereocenters. The molecule has 0 saturated heterocycles. The Balaban J connectivity index is 0.000000745. The van der Waals surface area contributed by atoms with E-state index in [2.05, 4.69) is 31.2 Å². The zero-order valence-electron chi connectivity index (χ0n) is 13.6. The van der Waals surface area contributed by atoms with Crippen LogP contribution in [0.15, 0.2) is 24.3 Å². The first kappa shape index (κ1) is 17.9. The van der Waals surface area contributed by atoms with Gasteiger partial charge in [-0.2, -0.15) is 9.59 Å². The van der Waals surface area contributed by atoms with E-state index in [-0.39, 0.29) is 12.2 Å². The number of aryl methyl sites for hydroxylation is 1. The summed E-state index contributed by atoms with van der Waals surface area (Å²) in [7, 11) is 0. The fraction of sp³-hybridized carbons (Fsp3) is 0.529. The molecule has 0 spiro atoms. The topological polar surface area (TPSA) is 63.7 Å². The van der Waals surface area contributed by atoms with Gasteiger partial charge in [-0.1, -0.05) is 29.8 Å². The molecule has 0 aromatic heterocycles. The van der Waals surface area contributed by atoms with E-state index in [1.54, 1.807) is 0 Å². The molecule has 1 aromatic rings. The van der Waals surface area contributed by atoms with Gasteiger partial charge in [0, 0.05) is 12.6 Å². The van der Waals surface area contributed by atoms with Crippen molar-refractivity contribution in [3.63, 3.8) is 0 Å². The molecular weight excluding hydrogens is 282 g/mol. The number of nitrogens with zero attached hydrogens (tertiary/aromatic N) is 1. The highest BCUT2D eigenvalue weighted by Gasteiger charge is 2.35. The lowest BCUT2D eigenvalue weighted by Crippen LogP contribution is -2.37. The Kier molecular flexibility index (Phi) is 6.32. The first-order valence-electron chi connectivity index (χ1n) is 7.31. The van der Waals surface area contributed by atoms with Crippen LogP contribution in [0.5, 0.6) is 0 Å². The van der Waals surface area contributed by atoms with E-state index >= 15 is 0 Å². The molecule has 5 heteroatoms. The summed E-state index contributed by atoms with van der Waals surface area (Å²) in [4.78, 5) is 30.3. The first-order valence-corrected chi connectivity index (χ1v) is 7.31. The van der Waals surface area contributed by atoms with E-state index in [1.807, 2.05) is 25.7 Å². The molecule has 1 aliphatic carbocycles. The van der Waals surface area contributed by atoms with Crippen molar-refractivity contribution in [2.75, 3.05) is 0 Å². The van der Waals surface area contributed by atoms with Crippen LogP contribution in [0.4, 0.5) is 4.79 Å². The van der Waals surface area contributed by atoms with E-state index in [9.17, 15) is 4.79 Å². The molecule has 0 aliphatic heterocycles. The number of ether oxygens (including phenoxy) is 1. The van der Waals surface area contributed by atoms with Crippen LogP contribution in [0.3, 0.4) is 0 Å². The minimum atomic E-state index is -0.433. The molecule has 5 nitrogen and oxygen atoms in total. The second-order valence-corrected chi connectivity index (χ2v) is 6.41. The molecule has 2 rings (SSSR count). The number of carbonyl (C=O) groups is 1. The van der Waals surface area contributed by atoms with E-state index < -0.39 is 5.60 Å².